The average molecular weight is 730 g/mol. The van der Waals surface area contributed by atoms with Crippen LogP contribution in [-0.4, -0.2) is 58.2 Å². The van der Waals surface area contributed by atoms with Crippen molar-refractivity contribution >= 4 is 37.3 Å². The predicted molar refractivity (Wildman–Crippen MR) is 202 cm³/mol. The molecule has 3 N–H and O–H groups in total. The summed E-state index contributed by atoms with van der Waals surface area (Å²) in [5.74, 6) is 0. The molecule has 0 aliphatic heterocycles. The van der Waals surface area contributed by atoms with E-state index in [1.807, 2.05) is 118 Å². The number of nitrogens with zero attached hydrogens (tertiary/aromatic N) is 3. The molecule has 0 heterocycles. The Bertz CT molecular complexity index is 2040. The fraction of sp³-hybridized carbons (Fsp3) is 0.231. The normalized spacial score (nSPS) is 12.1. The lowest BCUT2D eigenvalue weighted by atomic mass is 9.80. The van der Waals surface area contributed by atoms with E-state index in [0.717, 1.165) is 28.2 Å². The van der Waals surface area contributed by atoms with Crippen LogP contribution in [-0.2, 0) is 38.9 Å². The van der Waals surface area contributed by atoms with Crippen LogP contribution in [0, 0.1) is 0 Å². The highest BCUT2D eigenvalue weighted by Gasteiger charge is 2.34. The lowest BCUT2D eigenvalue weighted by Gasteiger charge is -2.32. The van der Waals surface area contributed by atoms with Crippen LogP contribution in [0.3, 0.4) is 0 Å². The molecule has 10 nitrogen and oxygen atoms in total. The first-order valence-corrected chi connectivity index (χ1v) is 19.4. The molecule has 12 heteroatoms. The summed E-state index contributed by atoms with van der Waals surface area (Å²) in [7, 11) is -4.74. The summed E-state index contributed by atoms with van der Waals surface area (Å²) in [6.07, 6.45) is 0. The van der Waals surface area contributed by atoms with E-state index < -0.39 is 25.8 Å². The van der Waals surface area contributed by atoms with Crippen LogP contribution in [0.1, 0.15) is 41.7 Å². The Labute approximate surface area is 300 Å². The lowest BCUT2D eigenvalue weighted by Crippen LogP contribution is -2.29. The Morgan fingerprint density at radius 3 is 1.16 bits per heavy atom. The molecule has 5 rings (SSSR count). The second kappa shape index (κ2) is 15.3. The van der Waals surface area contributed by atoms with Crippen LogP contribution in [0.4, 0.5) is 17.1 Å². The van der Waals surface area contributed by atoms with Gasteiger partial charge < -0.3 is 19.8 Å². The van der Waals surface area contributed by atoms with Crippen LogP contribution in [0.25, 0.3) is 0 Å². The molecule has 5 aromatic carbocycles. The second-order valence-electron chi connectivity index (χ2n) is 12.5. The summed E-state index contributed by atoms with van der Waals surface area (Å²) in [4.78, 5) is 5.81. The maximum atomic E-state index is 12.7. The standard InChI is InChI=1S/C39H43N3O7S2/c1-5-41(27-29-9-7-11-37(25-29)50(44,45)46)35-21-15-32(16-22-35)39(43,31-13-19-34(20-14-31)40(3)4)33-17-23-36(24-18-33)42(6-2)28-30-10-8-12-38(26-30)51(47,48)49/h7-26,43H,5-6,27-28H2,1-4H3,(H,44,45,46)(H,47,48,49). The summed E-state index contributed by atoms with van der Waals surface area (Å²) in [5, 5.41) is 12.7. The van der Waals surface area contributed by atoms with Crippen molar-refractivity contribution in [1.29, 1.82) is 0 Å². The van der Waals surface area contributed by atoms with Gasteiger partial charge in [0.15, 0.2) is 0 Å². The number of rotatable bonds is 14. The Kier molecular flexibility index (Phi) is 11.2. The van der Waals surface area contributed by atoms with E-state index in [1.165, 1.54) is 24.3 Å². The van der Waals surface area contributed by atoms with E-state index in [0.29, 0.717) is 42.9 Å². The highest BCUT2D eigenvalue weighted by atomic mass is 32.2. The van der Waals surface area contributed by atoms with Crippen molar-refractivity contribution in [3.63, 3.8) is 0 Å². The maximum absolute atomic E-state index is 12.7. The fourth-order valence-electron chi connectivity index (χ4n) is 6.15. The third kappa shape index (κ3) is 8.61. The van der Waals surface area contributed by atoms with Gasteiger partial charge in [-0.25, -0.2) is 0 Å². The third-order valence-corrected chi connectivity index (χ3v) is 10.7. The van der Waals surface area contributed by atoms with Crippen molar-refractivity contribution in [2.24, 2.45) is 0 Å². The average Bonchev–Trinajstić information content (AvgIpc) is 3.12. The molecule has 0 aliphatic rings. The molecular formula is C39H43N3O7S2. The molecule has 0 unspecified atom stereocenters. The van der Waals surface area contributed by atoms with Gasteiger partial charge in [0.25, 0.3) is 20.2 Å². The van der Waals surface area contributed by atoms with Gasteiger partial charge in [-0.05, 0) is 102 Å². The summed E-state index contributed by atoms with van der Waals surface area (Å²) < 4.78 is 65.8. The van der Waals surface area contributed by atoms with Gasteiger partial charge in [-0.3, -0.25) is 9.11 Å². The van der Waals surface area contributed by atoms with E-state index in [-0.39, 0.29) is 9.79 Å². The SMILES string of the molecule is CCN(Cc1cccc(S(=O)(=O)O)c1)c1ccc(C(O)(c2ccc(N(C)C)cc2)c2ccc(N(CC)Cc3cccc(S(=O)(=O)O)c3)cc2)cc1. The number of benzene rings is 5. The van der Waals surface area contributed by atoms with Crippen LogP contribution < -0.4 is 14.7 Å². The second-order valence-corrected chi connectivity index (χ2v) is 15.4. The summed E-state index contributed by atoms with van der Waals surface area (Å²) in [6.45, 7) is 6.06. The summed E-state index contributed by atoms with van der Waals surface area (Å²) in [5.41, 5.74) is 4.63. The zero-order chi connectivity index (χ0) is 37.0. The van der Waals surface area contributed by atoms with Gasteiger partial charge in [-0.15, -0.1) is 0 Å². The molecule has 0 atom stereocenters. The minimum Gasteiger partial charge on any atom is -0.378 e. The third-order valence-electron chi connectivity index (χ3n) is 9.00. The highest BCUT2D eigenvalue weighted by Crippen LogP contribution is 2.39. The topological polar surface area (TPSA) is 139 Å². The van der Waals surface area contributed by atoms with E-state index in [4.69, 9.17) is 0 Å². The lowest BCUT2D eigenvalue weighted by molar-refractivity contribution is 0.126. The molecule has 0 saturated carbocycles. The molecule has 0 radical (unpaired) electrons. The molecular weight excluding hydrogens is 687 g/mol. The number of anilines is 3. The summed E-state index contributed by atoms with van der Waals surface area (Å²) in [6, 6.07) is 35.5. The number of aliphatic hydroxyl groups is 1. The molecule has 0 saturated heterocycles. The first kappa shape index (κ1) is 37.5. The predicted octanol–water partition coefficient (Wildman–Crippen LogP) is 6.58. The van der Waals surface area contributed by atoms with Gasteiger partial charge in [0.2, 0.25) is 0 Å². The van der Waals surface area contributed by atoms with E-state index in [9.17, 15) is 31.0 Å². The molecule has 0 spiro atoms. The van der Waals surface area contributed by atoms with Gasteiger partial charge in [-0.2, -0.15) is 16.8 Å². The van der Waals surface area contributed by atoms with Gasteiger partial charge in [-0.1, -0.05) is 60.7 Å². The first-order valence-electron chi connectivity index (χ1n) is 16.5. The minimum atomic E-state index is -4.32. The van der Waals surface area contributed by atoms with Crippen molar-refractivity contribution in [2.75, 3.05) is 41.9 Å². The van der Waals surface area contributed by atoms with E-state index in [1.54, 1.807) is 12.1 Å². The Balaban J connectivity index is 1.48. The Morgan fingerprint density at radius 2 is 0.863 bits per heavy atom. The van der Waals surface area contributed by atoms with Crippen molar-refractivity contribution in [1.82, 2.24) is 0 Å². The molecule has 5 aromatic rings. The molecule has 51 heavy (non-hydrogen) atoms. The quantitative estimate of drug-likeness (QED) is 0.0849. The van der Waals surface area contributed by atoms with E-state index in [2.05, 4.69) is 9.80 Å². The number of hydrogen-bond acceptors (Lipinski definition) is 8. The van der Waals surface area contributed by atoms with Crippen molar-refractivity contribution < 1.29 is 31.0 Å². The Morgan fingerprint density at radius 1 is 0.529 bits per heavy atom. The van der Waals surface area contributed by atoms with E-state index >= 15 is 0 Å². The van der Waals surface area contributed by atoms with Crippen molar-refractivity contribution in [2.45, 2.75) is 42.3 Å². The molecule has 0 aromatic heterocycles. The zero-order valence-corrected chi connectivity index (χ0v) is 30.6. The Hall–Kier alpha value is -4.72. The van der Waals surface area contributed by atoms with Gasteiger partial charge in [0, 0.05) is 57.3 Å². The molecule has 0 aliphatic carbocycles. The van der Waals surface area contributed by atoms with Crippen LogP contribution in [0.5, 0.6) is 0 Å². The zero-order valence-electron chi connectivity index (χ0n) is 29.0. The molecule has 0 bridgehead atoms. The maximum Gasteiger partial charge on any atom is 0.294 e. The monoisotopic (exact) mass is 729 g/mol. The van der Waals surface area contributed by atoms with Crippen LogP contribution in [0.2, 0.25) is 0 Å². The first-order chi connectivity index (χ1) is 24.1. The largest absolute Gasteiger partial charge is 0.378 e. The summed E-state index contributed by atoms with van der Waals surface area (Å²) >= 11 is 0. The van der Waals surface area contributed by atoms with Crippen LogP contribution in [0.15, 0.2) is 131 Å². The van der Waals surface area contributed by atoms with Crippen molar-refractivity contribution in [3.8, 4) is 0 Å². The van der Waals surface area contributed by atoms with Gasteiger partial charge >= 0.3 is 0 Å². The number of hydrogen-bond donors (Lipinski definition) is 3. The van der Waals surface area contributed by atoms with Gasteiger partial charge in [0.05, 0.1) is 9.79 Å². The molecule has 0 fully saturated rings. The molecule has 268 valence electrons. The minimum absolute atomic E-state index is 0.156. The highest BCUT2D eigenvalue weighted by molar-refractivity contribution is 7.86. The van der Waals surface area contributed by atoms with Crippen LogP contribution >= 0.6 is 0 Å². The molecule has 0 amide bonds. The van der Waals surface area contributed by atoms with Crippen molar-refractivity contribution in [3.05, 3.63) is 149 Å². The smallest absolute Gasteiger partial charge is 0.294 e. The van der Waals surface area contributed by atoms with Gasteiger partial charge in [0.1, 0.15) is 5.60 Å². The fourth-order valence-corrected chi connectivity index (χ4v) is 7.25.